The Morgan fingerprint density at radius 2 is 2.00 bits per heavy atom. The molecule has 0 atom stereocenters. The molecule has 0 bridgehead atoms. The number of carboxylic acid groups (broad SMARTS) is 1. The largest absolute Gasteiger partial charge is 0.507 e. The summed E-state index contributed by atoms with van der Waals surface area (Å²) < 4.78 is 7.20. The van der Waals surface area contributed by atoms with E-state index in [-0.39, 0.29) is 35.6 Å². The molecule has 0 aliphatic carbocycles. The van der Waals surface area contributed by atoms with Crippen molar-refractivity contribution in [1.82, 2.24) is 30.1 Å². The summed E-state index contributed by atoms with van der Waals surface area (Å²) in [5.41, 5.74) is 0.557. The van der Waals surface area contributed by atoms with E-state index in [0.717, 1.165) is 31.9 Å². The van der Waals surface area contributed by atoms with Gasteiger partial charge in [0.2, 0.25) is 5.91 Å². The van der Waals surface area contributed by atoms with Crippen molar-refractivity contribution in [3.63, 3.8) is 0 Å². The van der Waals surface area contributed by atoms with Crippen molar-refractivity contribution in [2.45, 2.75) is 19.2 Å². The Hall–Kier alpha value is -3.18. The average Bonchev–Trinajstić information content (AvgIpc) is 3.11. The number of phenols is 1. The first-order chi connectivity index (χ1) is 14.5. The lowest BCUT2D eigenvalue weighted by molar-refractivity contribution is -0.140. The van der Waals surface area contributed by atoms with Gasteiger partial charge in [-0.15, -0.1) is 5.10 Å². The van der Waals surface area contributed by atoms with Crippen molar-refractivity contribution in [3.8, 4) is 11.5 Å². The standard InChI is InChI=1S/C19H24N6O5/c26-15-2-1-3-16(18(15)19(28)29)30-14-10-24(11-14)17(27)12-25-9-13(21-22-25)8-23-6-4-20-5-7-23/h1-3,9,14,20,26H,4-8,10-12H2,(H,28,29). The normalized spacial score (nSPS) is 17.5. The first kappa shape index (κ1) is 20.1. The summed E-state index contributed by atoms with van der Waals surface area (Å²) in [4.78, 5) is 27.7. The van der Waals surface area contributed by atoms with Crippen molar-refractivity contribution in [2.24, 2.45) is 0 Å². The first-order valence-electron chi connectivity index (χ1n) is 9.81. The number of carboxylic acids is 1. The van der Waals surface area contributed by atoms with Gasteiger partial charge in [0, 0.05) is 32.7 Å². The summed E-state index contributed by atoms with van der Waals surface area (Å²) in [7, 11) is 0. The van der Waals surface area contributed by atoms with Gasteiger partial charge in [0.25, 0.3) is 0 Å². The second kappa shape index (κ2) is 8.67. The van der Waals surface area contributed by atoms with Crippen molar-refractivity contribution >= 4 is 11.9 Å². The van der Waals surface area contributed by atoms with Crippen LogP contribution in [0.5, 0.6) is 11.5 Å². The van der Waals surface area contributed by atoms with E-state index in [1.165, 1.54) is 22.9 Å². The van der Waals surface area contributed by atoms with Crippen LogP contribution >= 0.6 is 0 Å². The number of aromatic nitrogens is 3. The molecule has 3 N–H and O–H groups in total. The van der Waals surface area contributed by atoms with Crippen molar-refractivity contribution < 1.29 is 24.5 Å². The Bertz CT molecular complexity index is 920. The Balaban J connectivity index is 1.26. The lowest BCUT2D eigenvalue weighted by Crippen LogP contribution is -2.57. The molecular weight excluding hydrogens is 392 g/mol. The predicted molar refractivity (Wildman–Crippen MR) is 104 cm³/mol. The number of carbonyl (C=O) groups excluding carboxylic acids is 1. The highest BCUT2D eigenvalue weighted by Gasteiger charge is 2.33. The van der Waals surface area contributed by atoms with Crippen LogP contribution in [0.1, 0.15) is 16.1 Å². The second-order valence-electron chi connectivity index (χ2n) is 7.43. The van der Waals surface area contributed by atoms with Crippen LogP contribution in [0, 0.1) is 0 Å². The number of nitrogens with one attached hydrogen (secondary N) is 1. The molecule has 11 nitrogen and oxygen atoms in total. The fourth-order valence-electron chi connectivity index (χ4n) is 3.55. The summed E-state index contributed by atoms with van der Waals surface area (Å²) in [6, 6.07) is 4.30. The maximum Gasteiger partial charge on any atom is 0.343 e. The number of likely N-dealkylation sites (tertiary alicyclic amines) is 1. The number of ether oxygens (including phenoxy) is 1. The molecule has 2 fully saturated rings. The number of aromatic carboxylic acids is 1. The molecule has 30 heavy (non-hydrogen) atoms. The van der Waals surface area contributed by atoms with Crippen molar-refractivity contribution in [1.29, 1.82) is 0 Å². The molecule has 2 aromatic rings. The number of hydrogen-bond donors (Lipinski definition) is 3. The van der Waals surface area contributed by atoms with Gasteiger partial charge >= 0.3 is 5.97 Å². The fraction of sp³-hybridized carbons (Fsp3) is 0.474. The van der Waals surface area contributed by atoms with Crippen LogP contribution in [-0.4, -0.2) is 92.3 Å². The lowest BCUT2D eigenvalue weighted by atomic mass is 10.1. The summed E-state index contributed by atoms with van der Waals surface area (Å²) in [5.74, 6) is -1.63. The smallest absolute Gasteiger partial charge is 0.343 e. The van der Waals surface area contributed by atoms with Crippen molar-refractivity contribution in [3.05, 3.63) is 35.7 Å². The van der Waals surface area contributed by atoms with Gasteiger partial charge in [-0.2, -0.15) is 0 Å². The molecule has 0 radical (unpaired) electrons. The minimum absolute atomic E-state index is 0.0910. The number of amides is 1. The van der Waals surface area contributed by atoms with Crippen LogP contribution in [0.2, 0.25) is 0 Å². The summed E-state index contributed by atoms with van der Waals surface area (Å²) in [6.45, 7) is 5.33. The quantitative estimate of drug-likeness (QED) is 0.540. The predicted octanol–water partition coefficient (Wildman–Crippen LogP) is -0.623. The number of benzene rings is 1. The van der Waals surface area contributed by atoms with Crippen LogP contribution in [-0.2, 0) is 17.9 Å². The molecule has 0 unspecified atom stereocenters. The molecule has 160 valence electrons. The topological polar surface area (TPSA) is 133 Å². The highest BCUT2D eigenvalue weighted by Crippen LogP contribution is 2.29. The van der Waals surface area contributed by atoms with Gasteiger partial charge in [-0.3, -0.25) is 9.69 Å². The Kier molecular flexibility index (Phi) is 5.81. The maximum absolute atomic E-state index is 12.5. The van der Waals surface area contributed by atoms with E-state index in [1.807, 2.05) is 0 Å². The minimum Gasteiger partial charge on any atom is -0.507 e. The highest BCUT2D eigenvalue weighted by atomic mass is 16.5. The Labute approximate surface area is 172 Å². The summed E-state index contributed by atoms with van der Waals surface area (Å²) in [6.07, 6.45) is 1.47. The molecular formula is C19H24N6O5. The van der Waals surface area contributed by atoms with E-state index in [1.54, 1.807) is 11.1 Å². The Morgan fingerprint density at radius 1 is 1.23 bits per heavy atom. The van der Waals surface area contributed by atoms with E-state index in [4.69, 9.17) is 4.74 Å². The van der Waals surface area contributed by atoms with E-state index in [9.17, 15) is 19.8 Å². The van der Waals surface area contributed by atoms with Gasteiger partial charge < -0.3 is 25.2 Å². The number of carbonyl (C=O) groups is 2. The number of piperazine rings is 1. The number of nitrogens with zero attached hydrogens (tertiary/aromatic N) is 5. The van der Waals surface area contributed by atoms with Gasteiger partial charge in [-0.05, 0) is 12.1 Å². The third-order valence-corrected chi connectivity index (χ3v) is 5.19. The fourth-order valence-corrected chi connectivity index (χ4v) is 3.55. The minimum atomic E-state index is -1.27. The monoisotopic (exact) mass is 416 g/mol. The zero-order chi connectivity index (χ0) is 21.1. The molecule has 2 aliphatic rings. The van der Waals surface area contributed by atoms with Gasteiger partial charge in [0.1, 0.15) is 29.7 Å². The number of hydrogen-bond acceptors (Lipinski definition) is 8. The molecule has 1 aromatic carbocycles. The van der Waals surface area contributed by atoms with E-state index in [0.29, 0.717) is 19.6 Å². The Morgan fingerprint density at radius 3 is 2.73 bits per heavy atom. The maximum atomic E-state index is 12.5. The van der Waals surface area contributed by atoms with Crippen LogP contribution in [0.4, 0.5) is 0 Å². The second-order valence-corrected chi connectivity index (χ2v) is 7.43. The van der Waals surface area contributed by atoms with E-state index < -0.39 is 5.97 Å². The molecule has 0 saturated carbocycles. The summed E-state index contributed by atoms with van der Waals surface area (Å²) >= 11 is 0. The lowest BCUT2D eigenvalue weighted by Gasteiger charge is -2.39. The van der Waals surface area contributed by atoms with E-state index in [2.05, 4.69) is 20.5 Å². The number of rotatable bonds is 7. The molecule has 3 heterocycles. The van der Waals surface area contributed by atoms with Gasteiger partial charge in [0.05, 0.1) is 25.0 Å². The van der Waals surface area contributed by atoms with Crippen LogP contribution < -0.4 is 10.1 Å². The van der Waals surface area contributed by atoms with Gasteiger partial charge in [-0.25, -0.2) is 9.48 Å². The summed E-state index contributed by atoms with van der Waals surface area (Å²) in [5, 5.41) is 30.5. The van der Waals surface area contributed by atoms with Gasteiger partial charge in [0.15, 0.2) is 0 Å². The molecule has 0 spiro atoms. The average molecular weight is 416 g/mol. The highest BCUT2D eigenvalue weighted by molar-refractivity contribution is 5.94. The molecule has 2 saturated heterocycles. The molecule has 11 heteroatoms. The SMILES string of the molecule is O=C(O)c1c(O)cccc1OC1CN(C(=O)Cn2cc(CN3CCNCC3)nn2)C1. The van der Waals surface area contributed by atoms with Crippen molar-refractivity contribution in [2.75, 3.05) is 39.3 Å². The third kappa shape index (κ3) is 4.52. The third-order valence-electron chi connectivity index (χ3n) is 5.19. The zero-order valence-electron chi connectivity index (χ0n) is 16.4. The zero-order valence-corrected chi connectivity index (χ0v) is 16.4. The van der Waals surface area contributed by atoms with Crippen LogP contribution in [0.15, 0.2) is 24.4 Å². The van der Waals surface area contributed by atoms with Crippen LogP contribution in [0.3, 0.4) is 0 Å². The van der Waals surface area contributed by atoms with Crippen LogP contribution in [0.25, 0.3) is 0 Å². The molecule has 1 aromatic heterocycles. The first-order valence-corrected chi connectivity index (χ1v) is 9.81. The van der Waals surface area contributed by atoms with Gasteiger partial charge in [-0.1, -0.05) is 11.3 Å². The molecule has 4 rings (SSSR count). The number of aromatic hydroxyl groups is 1. The van der Waals surface area contributed by atoms with E-state index >= 15 is 0 Å². The molecule has 1 amide bonds. The molecule has 2 aliphatic heterocycles.